The molecule has 0 saturated heterocycles. The number of fused-ring (bicyclic) bond motifs is 1. The highest BCUT2D eigenvalue weighted by atomic mass is 16.5. The number of ketones is 1. The van der Waals surface area contributed by atoms with Gasteiger partial charge in [0.15, 0.2) is 5.78 Å². The summed E-state index contributed by atoms with van der Waals surface area (Å²) in [5, 5.41) is 0. The molecular weight excluding hydrogens is 240 g/mol. The molecule has 1 aliphatic rings. The maximum atomic E-state index is 12.5. The van der Waals surface area contributed by atoms with E-state index >= 15 is 0 Å². The van der Waals surface area contributed by atoms with Gasteiger partial charge < -0.3 is 9.72 Å². The van der Waals surface area contributed by atoms with Crippen LogP contribution in [0.1, 0.15) is 28.0 Å². The SMILES string of the molecule is COc1cccc2c1CC/C(=C\c1cnc[nH]1)C2=O. The van der Waals surface area contributed by atoms with E-state index < -0.39 is 0 Å². The van der Waals surface area contributed by atoms with Crippen LogP contribution in [0.5, 0.6) is 5.75 Å². The molecule has 0 amide bonds. The molecule has 0 radical (unpaired) electrons. The molecule has 1 aliphatic carbocycles. The van der Waals surface area contributed by atoms with Gasteiger partial charge in [-0.05, 0) is 25.0 Å². The molecule has 1 aromatic carbocycles. The van der Waals surface area contributed by atoms with Gasteiger partial charge in [-0.2, -0.15) is 0 Å². The summed E-state index contributed by atoms with van der Waals surface area (Å²) < 4.78 is 5.31. The monoisotopic (exact) mass is 254 g/mol. The number of H-pyrrole nitrogens is 1. The zero-order valence-corrected chi connectivity index (χ0v) is 10.6. The molecule has 19 heavy (non-hydrogen) atoms. The van der Waals surface area contributed by atoms with Crippen LogP contribution in [0.25, 0.3) is 6.08 Å². The Balaban J connectivity index is 2.01. The molecule has 0 aliphatic heterocycles. The predicted molar refractivity (Wildman–Crippen MR) is 72.2 cm³/mol. The summed E-state index contributed by atoms with van der Waals surface area (Å²) in [5.74, 6) is 0.876. The van der Waals surface area contributed by atoms with Crippen molar-refractivity contribution in [1.29, 1.82) is 0 Å². The molecule has 0 atom stereocenters. The van der Waals surface area contributed by atoms with Gasteiger partial charge in [0.05, 0.1) is 25.3 Å². The highest BCUT2D eigenvalue weighted by Gasteiger charge is 2.24. The van der Waals surface area contributed by atoms with E-state index in [9.17, 15) is 4.79 Å². The number of nitrogens with zero attached hydrogens (tertiary/aromatic N) is 1. The van der Waals surface area contributed by atoms with Crippen LogP contribution >= 0.6 is 0 Å². The summed E-state index contributed by atoms with van der Waals surface area (Å²) in [6, 6.07) is 5.62. The van der Waals surface area contributed by atoms with E-state index in [4.69, 9.17) is 4.74 Å². The van der Waals surface area contributed by atoms with E-state index in [0.29, 0.717) is 0 Å². The quantitative estimate of drug-likeness (QED) is 0.838. The third-order valence-corrected chi connectivity index (χ3v) is 3.38. The third kappa shape index (κ3) is 2.05. The highest BCUT2D eigenvalue weighted by Crippen LogP contribution is 2.32. The lowest BCUT2D eigenvalue weighted by atomic mass is 9.86. The standard InChI is InChI=1S/C15H14N2O2/c1-19-14-4-2-3-13-12(14)6-5-10(15(13)18)7-11-8-16-9-17-11/h2-4,7-9H,5-6H2,1H3,(H,16,17)/b10-7+. The number of aromatic amines is 1. The van der Waals surface area contributed by atoms with Gasteiger partial charge in [-0.3, -0.25) is 4.79 Å². The first-order valence-electron chi connectivity index (χ1n) is 6.19. The van der Waals surface area contributed by atoms with Gasteiger partial charge in [0.25, 0.3) is 0 Å². The van der Waals surface area contributed by atoms with Gasteiger partial charge in [-0.15, -0.1) is 0 Å². The number of carbonyl (C=O) groups is 1. The van der Waals surface area contributed by atoms with E-state index in [0.717, 1.165) is 41.0 Å². The van der Waals surface area contributed by atoms with E-state index in [2.05, 4.69) is 9.97 Å². The van der Waals surface area contributed by atoms with Crippen LogP contribution in [-0.4, -0.2) is 22.9 Å². The lowest BCUT2D eigenvalue weighted by Crippen LogP contribution is -2.15. The van der Waals surface area contributed by atoms with Crippen LogP contribution in [0.15, 0.2) is 36.3 Å². The molecule has 0 bridgehead atoms. The fraction of sp³-hybridized carbons (Fsp3) is 0.200. The number of allylic oxidation sites excluding steroid dienone is 1. The molecule has 1 N–H and O–H groups in total. The number of Topliss-reactive ketones (excluding diaryl/α,β-unsaturated/α-hetero) is 1. The lowest BCUT2D eigenvalue weighted by molar-refractivity contribution is 0.102. The summed E-state index contributed by atoms with van der Waals surface area (Å²) in [4.78, 5) is 19.4. The summed E-state index contributed by atoms with van der Waals surface area (Å²) in [6.45, 7) is 0. The summed E-state index contributed by atoms with van der Waals surface area (Å²) in [6.07, 6.45) is 6.74. The molecule has 96 valence electrons. The molecular formula is C15H14N2O2. The van der Waals surface area contributed by atoms with Crippen molar-refractivity contribution in [3.05, 3.63) is 53.1 Å². The van der Waals surface area contributed by atoms with Crippen molar-refractivity contribution in [2.24, 2.45) is 0 Å². The molecule has 3 rings (SSSR count). The van der Waals surface area contributed by atoms with Crippen LogP contribution in [0.2, 0.25) is 0 Å². The van der Waals surface area contributed by atoms with Crippen LogP contribution in [0, 0.1) is 0 Å². The number of nitrogens with one attached hydrogen (secondary N) is 1. The Labute approximate surface area is 111 Å². The van der Waals surface area contributed by atoms with Crippen molar-refractivity contribution in [3.8, 4) is 5.75 Å². The largest absolute Gasteiger partial charge is 0.496 e. The maximum absolute atomic E-state index is 12.5. The number of hydrogen-bond acceptors (Lipinski definition) is 3. The average Bonchev–Trinajstić information content (AvgIpc) is 2.94. The van der Waals surface area contributed by atoms with Crippen LogP contribution < -0.4 is 4.74 Å². The van der Waals surface area contributed by atoms with Crippen molar-refractivity contribution in [1.82, 2.24) is 9.97 Å². The van der Waals surface area contributed by atoms with Crippen molar-refractivity contribution in [3.63, 3.8) is 0 Å². The summed E-state index contributed by atoms with van der Waals surface area (Å²) in [5.41, 5.74) is 3.42. The molecule has 1 heterocycles. The lowest BCUT2D eigenvalue weighted by Gasteiger charge is -2.19. The molecule has 4 heteroatoms. The number of benzene rings is 1. The van der Waals surface area contributed by atoms with E-state index in [1.807, 2.05) is 24.3 Å². The number of hydrogen-bond donors (Lipinski definition) is 1. The minimum absolute atomic E-state index is 0.0785. The van der Waals surface area contributed by atoms with E-state index in [1.165, 1.54) is 0 Å². The zero-order chi connectivity index (χ0) is 13.2. The molecule has 1 aromatic heterocycles. The minimum atomic E-state index is 0.0785. The first kappa shape index (κ1) is 11.7. The molecule has 0 fully saturated rings. The fourth-order valence-corrected chi connectivity index (χ4v) is 2.44. The van der Waals surface area contributed by atoms with Gasteiger partial charge in [0.1, 0.15) is 5.75 Å². The maximum Gasteiger partial charge on any atom is 0.189 e. The van der Waals surface area contributed by atoms with Crippen molar-refractivity contribution in [2.75, 3.05) is 7.11 Å². The van der Waals surface area contributed by atoms with Gasteiger partial charge in [-0.25, -0.2) is 4.98 Å². The van der Waals surface area contributed by atoms with Gasteiger partial charge in [0, 0.05) is 16.7 Å². The Morgan fingerprint density at radius 3 is 3.00 bits per heavy atom. The predicted octanol–water partition coefficient (Wildman–Crippen LogP) is 2.63. The Bertz CT molecular complexity index is 642. The van der Waals surface area contributed by atoms with Crippen molar-refractivity contribution in [2.45, 2.75) is 12.8 Å². The molecule has 0 unspecified atom stereocenters. The van der Waals surface area contributed by atoms with Crippen molar-refractivity contribution >= 4 is 11.9 Å². The Morgan fingerprint density at radius 2 is 2.26 bits per heavy atom. The van der Waals surface area contributed by atoms with Crippen LogP contribution in [-0.2, 0) is 6.42 Å². The highest BCUT2D eigenvalue weighted by molar-refractivity contribution is 6.13. The van der Waals surface area contributed by atoms with Crippen LogP contribution in [0.4, 0.5) is 0 Å². The topological polar surface area (TPSA) is 55.0 Å². The van der Waals surface area contributed by atoms with Gasteiger partial charge in [0.2, 0.25) is 0 Å². The number of carbonyl (C=O) groups excluding carboxylic acids is 1. The van der Waals surface area contributed by atoms with Crippen molar-refractivity contribution < 1.29 is 9.53 Å². The number of aromatic nitrogens is 2. The normalized spacial score (nSPS) is 16.5. The third-order valence-electron chi connectivity index (χ3n) is 3.38. The molecule has 4 nitrogen and oxygen atoms in total. The number of rotatable bonds is 2. The fourth-order valence-electron chi connectivity index (χ4n) is 2.44. The van der Waals surface area contributed by atoms with Gasteiger partial charge >= 0.3 is 0 Å². The Kier molecular flexibility index (Phi) is 2.91. The van der Waals surface area contributed by atoms with Crippen LogP contribution in [0.3, 0.4) is 0 Å². The number of ether oxygens (including phenoxy) is 1. The smallest absolute Gasteiger partial charge is 0.189 e. The zero-order valence-electron chi connectivity index (χ0n) is 10.6. The van der Waals surface area contributed by atoms with E-state index in [1.54, 1.807) is 19.6 Å². The number of imidazole rings is 1. The first-order chi connectivity index (χ1) is 9.29. The first-order valence-corrected chi connectivity index (χ1v) is 6.19. The Hall–Kier alpha value is -2.36. The second kappa shape index (κ2) is 4.72. The molecule has 2 aromatic rings. The van der Waals surface area contributed by atoms with E-state index in [-0.39, 0.29) is 5.78 Å². The Morgan fingerprint density at radius 1 is 1.37 bits per heavy atom. The second-order valence-corrected chi connectivity index (χ2v) is 4.49. The second-order valence-electron chi connectivity index (χ2n) is 4.49. The molecule has 0 spiro atoms. The summed E-state index contributed by atoms with van der Waals surface area (Å²) >= 11 is 0. The molecule has 0 saturated carbocycles. The minimum Gasteiger partial charge on any atom is -0.496 e. The number of methoxy groups -OCH3 is 1. The summed E-state index contributed by atoms with van der Waals surface area (Å²) in [7, 11) is 1.63. The average molecular weight is 254 g/mol. The van der Waals surface area contributed by atoms with Gasteiger partial charge in [-0.1, -0.05) is 12.1 Å².